The van der Waals surface area contributed by atoms with Crippen LogP contribution in [0.3, 0.4) is 0 Å². The van der Waals surface area contributed by atoms with Crippen molar-refractivity contribution < 1.29 is 14.3 Å². The lowest BCUT2D eigenvalue weighted by Gasteiger charge is -2.36. The van der Waals surface area contributed by atoms with E-state index in [2.05, 4.69) is 22.3 Å². The molecule has 0 spiro atoms. The van der Waals surface area contributed by atoms with Crippen LogP contribution >= 0.6 is 11.6 Å². The number of nitrogens with one attached hydrogen (secondary N) is 1. The Kier molecular flexibility index (Phi) is 7.16. The number of carbonyl (C=O) groups is 1. The third kappa shape index (κ3) is 4.89. The van der Waals surface area contributed by atoms with Crippen LogP contribution in [0.1, 0.15) is 42.9 Å². The van der Waals surface area contributed by atoms with Gasteiger partial charge in [0.1, 0.15) is 5.75 Å². The Bertz CT molecular complexity index is 857. The molecule has 2 fully saturated rings. The summed E-state index contributed by atoms with van der Waals surface area (Å²) in [7, 11) is 1.67. The molecule has 5 nitrogen and oxygen atoms in total. The van der Waals surface area contributed by atoms with Crippen molar-refractivity contribution in [3.8, 4) is 5.75 Å². The number of methoxy groups -OCH3 is 1. The molecule has 2 aromatic carbocycles. The second-order valence-corrected chi connectivity index (χ2v) is 8.88. The van der Waals surface area contributed by atoms with Crippen molar-refractivity contribution >= 4 is 17.5 Å². The first-order chi connectivity index (χ1) is 15.1. The summed E-state index contributed by atoms with van der Waals surface area (Å²) in [5, 5.41) is 4.02. The maximum atomic E-state index is 13.6. The van der Waals surface area contributed by atoms with E-state index in [4.69, 9.17) is 21.1 Å². The molecule has 1 aliphatic carbocycles. The number of nitrogens with zero attached hydrogens (tertiary/aromatic N) is 1. The summed E-state index contributed by atoms with van der Waals surface area (Å²) >= 11 is 6.10. The van der Waals surface area contributed by atoms with E-state index in [0.29, 0.717) is 11.6 Å². The molecule has 2 aliphatic rings. The predicted molar refractivity (Wildman–Crippen MR) is 123 cm³/mol. The number of benzene rings is 2. The van der Waals surface area contributed by atoms with E-state index in [1.54, 1.807) is 7.11 Å². The minimum absolute atomic E-state index is 0.0995. The summed E-state index contributed by atoms with van der Waals surface area (Å²) in [4.78, 5) is 16.0. The van der Waals surface area contributed by atoms with Crippen molar-refractivity contribution in [2.75, 3.05) is 40.0 Å². The third-order valence-electron chi connectivity index (χ3n) is 6.73. The zero-order valence-corrected chi connectivity index (χ0v) is 18.9. The van der Waals surface area contributed by atoms with E-state index < -0.39 is 5.41 Å². The first kappa shape index (κ1) is 22.1. The van der Waals surface area contributed by atoms with Gasteiger partial charge in [0.2, 0.25) is 5.91 Å². The SMILES string of the molecule is COc1ccc(C(CNC(=O)C2(c3ccc(Cl)cc3)CCCC2)N2CCOCC2)cc1. The Hall–Kier alpha value is -2.08. The van der Waals surface area contributed by atoms with Crippen LogP contribution in [0.5, 0.6) is 5.75 Å². The van der Waals surface area contributed by atoms with Gasteiger partial charge in [-0.1, -0.05) is 48.7 Å². The third-order valence-corrected chi connectivity index (χ3v) is 6.98. The molecule has 6 heteroatoms. The zero-order valence-electron chi connectivity index (χ0n) is 18.1. The summed E-state index contributed by atoms with van der Waals surface area (Å²) in [6.45, 7) is 3.72. The number of morpholine rings is 1. The van der Waals surface area contributed by atoms with Crippen LogP contribution < -0.4 is 10.1 Å². The van der Waals surface area contributed by atoms with Crippen molar-refractivity contribution in [2.24, 2.45) is 0 Å². The molecular weight excluding hydrogens is 412 g/mol. The minimum Gasteiger partial charge on any atom is -0.497 e. The molecule has 1 heterocycles. The molecule has 1 saturated heterocycles. The van der Waals surface area contributed by atoms with Gasteiger partial charge >= 0.3 is 0 Å². The van der Waals surface area contributed by atoms with Gasteiger partial charge in [-0.25, -0.2) is 0 Å². The first-order valence-electron chi connectivity index (χ1n) is 11.1. The predicted octanol–water partition coefficient (Wildman–Crippen LogP) is 4.35. The summed E-state index contributed by atoms with van der Waals surface area (Å²) in [6.07, 6.45) is 3.90. The van der Waals surface area contributed by atoms with Crippen molar-refractivity contribution in [2.45, 2.75) is 37.1 Å². The lowest BCUT2D eigenvalue weighted by atomic mass is 9.78. The van der Waals surface area contributed by atoms with Gasteiger partial charge in [-0.15, -0.1) is 0 Å². The van der Waals surface area contributed by atoms with Gasteiger partial charge in [0.15, 0.2) is 0 Å². The van der Waals surface area contributed by atoms with Crippen molar-refractivity contribution in [1.29, 1.82) is 0 Å². The number of halogens is 1. The number of carbonyl (C=O) groups excluding carboxylic acids is 1. The standard InChI is InChI=1S/C25H31ClN2O3/c1-30-22-10-4-19(5-11-22)23(28-14-16-31-17-15-28)18-27-24(29)25(12-2-3-13-25)20-6-8-21(26)9-7-20/h4-11,23H,2-3,12-18H2,1H3,(H,27,29). The maximum absolute atomic E-state index is 13.6. The average Bonchev–Trinajstić information content (AvgIpc) is 3.32. The second kappa shape index (κ2) is 10.0. The van der Waals surface area contributed by atoms with E-state index in [-0.39, 0.29) is 11.9 Å². The highest BCUT2D eigenvalue weighted by Crippen LogP contribution is 2.42. The zero-order chi connectivity index (χ0) is 21.7. The van der Waals surface area contributed by atoms with Gasteiger partial charge in [0.25, 0.3) is 0 Å². The molecule has 1 aliphatic heterocycles. The van der Waals surface area contributed by atoms with Crippen LogP contribution in [-0.4, -0.2) is 50.8 Å². The highest BCUT2D eigenvalue weighted by molar-refractivity contribution is 6.30. The van der Waals surface area contributed by atoms with E-state index >= 15 is 0 Å². The number of ether oxygens (including phenoxy) is 2. The number of hydrogen-bond donors (Lipinski definition) is 1. The van der Waals surface area contributed by atoms with Gasteiger partial charge in [0.05, 0.1) is 31.8 Å². The van der Waals surface area contributed by atoms with Crippen molar-refractivity contribution in [3.05, 3.63) is 64.7 Å². The van der Waals surface area contributed by atoms with Crippen LogP contribution in [0.4, 0.5) is 0 Å². The minimum atomic E-state index is -0.458. The quantitative estimate of drug-likeness (QED) is 0.692. The summed E-state index contributed by atoms with van der Waals surface area (Å²) in [6, 6.07) is 16.0. The molecule has 31 heavy (non-hydrogen) atoms. The fraction of sp³-hybridized carbons (Fsp3) is 0.480. The largest absolute Gasteiger partial charge is 0.497 e. The van der Waals surface area contributed by atoms with Gasteiger partial charge in [-0.2, -0.15) is 0 Å². The van der Waals surface area contributed by atoms with E-state index in [1.165, 1.54) is 5.56 Å². The smallest absolute Gasteiger partial charge is 0.230 e. The van der Waals surface area contributed by atoms with Crippen molar-refractivity contribution in [3.63, 3.8) is 0 Å². The van der Waals surface area contributed by atoms with Gasteiger partial charge in [-0.3, -0.25) is 9.69 Å². The number of amides is 1. The summed E-state index contributed by atoms with van der Waals surface area (Å²) < 4.78 is 10.9. The van der Waals surface area contributed by atoms with Crippen LogP contribution in [0.2, 0.25) is 5.02 Å². The van der Waals surface area contributed by atoms with Gasteiger partial charge in [0, 0.05) is 24.7 Å². The van der Waals surface area contributed by atoms with Crippen LogP contribution in [0, 0.1) is 0 Å². The number of rotatable bonds is 7. The Morgan fingerprint density at radius 1 is 1.10 bits per heavy atom. The average molecular weight is 443 g/mol. The molecule has 1 unspecified atom stereocenters. The molecule has 4 rings (SSSR count). The topological polar surface area (TPSA) is 50.8 Å². The second-order valence-electron chi connectivity index (χ2n) is 8.44. The molecular formula is C25H31ClN2O3. The van der Waals surface area contributed by atoms with Crippen LogP contribution in [-0.2, 0) is 14.9 Å². The highest BCUT2D eigenvalue weighted by atomic mass is 35.5. The lowest BCUT2D eigenvalue weighted by Crippen LogP contribution is -2.48. The Morgan fingerprint density at radius 3 is 2.35 bits per heavy atom. The molecule has 0 radical (unpaired) electrons. The Morgan fingerprint density at radius 2 is 1.74 bits per heavy atom. The molecule has 0 bridgehead atoms. The van der Waals surface area contributed by atoms with Crippen molar-refractivity contribution in [1.82, 2.24) is 10.2 Å². The van der Waals surface area contributed by atoms with Crippen LogP contribution in [0.15, 0.2) is 48.5 Å². The van der Waals surface area contributed by atoms with E-state index in [1.807, 2.05) is 36.4 Å². The molecule has 1 atom stereocenters. The fourth-order valence-corrected chi connectivity index (χ4v) is 5.05. The van der Waals surface area contributed by atoms with Crippen LogP contribution in [0.25, 0.3) is 0 Å². The molecule has 166 valence electrons. The Labute approximate surface area is 189 Å². The molecule has 1 saturated carbocycles. The normalized spacial score (nSPS) is 19.7. The molecule has 1 N–H and O–H groups in total. The number of hydrogen-bond acceptors (Lipinski definition) is 4. The maximum Gasteiger partial charge on any atom is 0.230 e. The van der Waals surface area contributed by atoms with E-state index in [9.17, 15) is 4.79 Å². The molecule has 2 aromatic rings. The highest BCUT2D eigenvalue weighted by Gasteiger charge is 2.42. The van der Waals surface area contributed by atoms with E-state index in [0.717, 1.165) is 63.3 Å². The lowest BCUT2D eigenvalue weighted by molar-refractivity contribution is -0.127. The molecule has 0 aromatic heterocycles. The first-order valence-corrected chi connectivity index (χ1v) is 11.5. The summed E-state index contributed by atoms with van der Waals surface area (Å²) in [5.74, 6) is 0.959. The fourth-order valence-electron chi connectivity index (χ4n) is 4.93. The van der Waals surface area contributed by atoms with Gasteiger partial charge in [-0.05, 0) is 48.2 Å². The Balaban J connectivity index is 1.53. The monoisotopic (exact) mass is 442 g/mol. The molecule has 1 amide bonds. The summed E-state index contributed by atoms with van der Waals surface area (Å²) in [5.41, 5.74) is 1.79. The van der Waals surface area contributed by atoms with Gasteiger partial charge < -0.3 is 14.8 Å².